The molecule has 0 bridgehead atoms. The van der Waals surface area contributed by atoms with Gasteiger partial charge in [0, 0.05) is 11.1 Å². The number of aryl methyl sites for hydroxylation is 1. The fourth-order valence-electron chi connectivity index (χ4n) is 1.77. The molecule has 0 fully saturated rings. The molecule has 0 aliphatic rings. The number of rotatable bonds is 1. The Morgan fingerprint density at radius 2 is 2.06 bits per heavy atom. The number of carbonyl (C=O) groups is 1. The topological polar surface area (TPSA) is 42.2 Å². The molecule has 0 aliphatic carbocycles. The summed E-state index contributed by atoms with van der Waals surface area (Å²) in [5.74, 6) is -1.67. The van der Waals surface area contributed by atoms with Gasteiger partial charge < -0.3 is 5.11 Å². The number of aromatic nitrogens is 1. The molecule has 1 aromatic carbocycles. The van der Waals surface area contributed by atoms with Crippen LogP contribution in [-0.2, 0) is 0 Å². The van der Waals surface area contributed by atoms with Crippen LogP contribution in [0.3, 0.4) is 0 Å². The fourth-order valence-corrected chi connectivity index (χ4v) is 2.42. The highest BCUT2D eigenvalue weighted by atomic mass is 79.9. The van der Waals surface area contributed by atoms with Gasteiger partial charge in [0.1, 0.15) is 5.82 Å². The number of hydrogen-bond acceptors (Lipinski definition) is 1. The zero-order valence-corrected chi connectivity index (χ0v) is 10.3. The summed E-state index contributed by atoms with van der Waals surface area (Å²) in [4.78, 5) is 11.0. The van der Waals surface area contributed by atoms with Crippen molar-refractivity contribution in [2.24, 2.45) is 0 Å². The van der Waals surface area contributed by atoms with E-state index < -0.39 is 11.8 Å². The molecule has 0 amide bonds. The number of benzene rings is 1. The minimum absolute atomic E-state index is 0.0388. The van der Waals surface area contributed by atoms with E-state index in [1.165, 1.54) is 6.07 Å². The molecule has 0 atom stereocenters. The number of aromatic carboxylic acids is 1. The van der Waals surface area contributed by atoms with Crippen LogP contribution in [0.1, 0.15) is 21.6 Å². The molecule has 1 N–H and O–H groups in total. The Morgan fingerprint density at radius 1 is 1.44 bits per heavy atom. The van der Waals surface area contributed by atoms with Crippen LogP contribution >= 0.6 is 16.1 Å². The normalized spacial score (nSPS) is 11.0. The van der Waals surface area contributed by atoms with Gasteiger partial charge in [-0.2, -0.15) is 0 Å². The van der Waals surface area contributed by atoms with Gasteiger partial charge in [-0.15, -0.1) is 0 Å². The number of nitrogens with zero attached hydrogens (tertiary/aromatic N) is 1. The van der Waals surface area contributed by atoms with E-state index >= 15 is 0 Å². The number of fused-ring (bicyclic) bond motifs is 1. The number of carboxylic acids is 1. The summed E-state index contributed by atoms with van der Waals surface area (Å²) in [7, 11) is 0. The maximum absolute atomic E-state index is 13.3. The average Bonchev–Trinajstić information content (AvgIpc) is 2.43. The van der Waals surface area contributed by atoms with E-state index in [2.05, 4.69) is 16.1 Å². The minimum atomic E-state index is -1.14. The molecule has 2 rings (SSSR count). The highest BCUT2D eigenvalue weighted by Crippen LogP contribution is 2.30. The van der Waals surface area contributed by atoms with Crippen molar-refractivity contribution < 1.29 is 14.3 Å². The second kappa shape index (κ2) is 3.59. The van der Waals surface area contributed by atoms with Gasteiger partial charge >= 0.3 is 5.97 Å². The molecule has 2 aromatic rings. The van der Waals surface area contributed by atoms with Crippen LogP contribution in [0.2, 0.25) is 0 Å². The van der Waals surface area contributed by atoms with Crippen LogP contribution in [0.25, 0.3) is 10.9 Å². The highest BCUT2D eigenvalue weighted by Gasteiger charge is 2.18. The van der Waals surface area contributed by atoms with Gasteiger partial charge in [0.15, 0.2) is 0 Å². The largest absolute Gasteiger partial charge is 0.478 e. The summed E-state index contributed by atoms with van der Waals surface area (Å²) < 4.78 is 14.9. The maximum atomic E-state index is 13.3. The van der Waals surface area contributed by atoms with Crippen molar-refractivity contribution in [3.8, 4) is 0 Å². The van der Waals surface area contributed by atoms with Crippen LogP contribution in [0, 0.1) is 19.7 Å². The lowest BCUT2D eigenvalue weighted by atomic mass is 10.1. The Bertz CT molecular complexity index is 604. The molecule has 0 saturated heterocycles. The van der Waals surface area contributed by atoms with Crippen molar-refractivity contribution in [1.82, 2.24) is 3.59 Å². The SMILES string of the molecule is Cc1c(C)n(Br)c2c(C(=O)O)cc(F)cc12. The standard InChI is InChI=1S/C11H9BrFNO2/c1-5-6(2)14(12)10-8(5)3-7(13)4-9(10)11(15)16/h3-4H,1-2H3,(H,15,16). The van der Waals surface area contributed by atoms with Crippen molar-refractivity contribution >= 4 is 33.0 Å². The number of halogens is 2. The van der Waals surface area contributed by atoms with Crippen LogP contribution < -0.4 is 0 Å². The molecule has 1 aromatic heterocycles. The molecule has 1 heterocycles. The zero-order valence-electron chi connectivity index (χ0n) is 8.71. The van der Waals surface area contributed by atoms with Crippen molar-refractivity contribution in [3.05, 3.63) is 34.8 Å². The molecule has 84 valence electrons. The molecule has 0 unspecified atom stereocenters. The van der Waals surface area contributed by atoms with E-state index in [9.17, 15) is 9.18 Å². The van der Waals surface area contributed by atoms with E-state index in [1.807, 2.05) is 13.8 Å². The third-order valence-corrected chi connectivity index (χ3v) is 3.63. The first-order valence-corrected chi connectivity index (χ1v) is 5.35. The summed E-state index contributed by atoms with van der Waals surface area (Å²) in [6.45, 7) is 3.67. The lowest BCUT2D eigenvalue weighted by molar-refractivity contribution is 0.0698. The summed E-state index contributed by atoms with van der Waals surface area (Å²) in [6.07, 6.45) is 0. The first kappa shape index (κ1) is 11.1. The van der Waals surface area contributed by atoms with Crippen LogP contribution in [0.5, 0.6) is 0 Å². The number of carboxylic acid groups (broad SMARTS) is 1. The van der Waals surface area contributed by atoms with E-state index in [0.29, 0.717) is 10.9 Å². The van der Waals surface area contributed by atoms with E-state index in [-0.39, 0.29) is 5.56 Å². The summed E-state index contributed by atoms with van der Waals surface area (Å²) in [5, 5.41) is 9.65. The molecule has 16 heavy (non-hydrogen) atoms. The van der Waals surface area contributed by atoms with Crippen LogP contribution in [0.15, 0.2) is 12.1 Å². The quantitative estimate of drug-likeness (QED) is 0.874. The first-order chi connectivity index (χ1) is 7.43. The Morgan fingerprint density at radius 3 is 2.62 bits per heavy atom. The van der Waals surface area contributed by atoms with Gasteiger partial charge in [-0.05, 0) is 31.5 Å². The molecular formula is C11H9BrFNO2. The molecule has 5 heteroatoms. The second-order valence-corrected chi connectivity index (χ2v) is 4.36. The predicted octanol–water partition coefficient (Wildman–Crippen LogP) is 3.25. The smallest absolute Gasteiger partial charge is 0.337 e. The van der Waals surface area contributed by atoms with Gasteiger partial charge in [0.2, 0.25) is 0 Å². The summed E-state index contributed by atoms with van der Waals surface area (Å²) in [6, 6.07) is 2.38. The van der Waals surface area contributed by atoms with Crippen molar-refractivity contribution in [3.63, 3.8) is 0 Å². The second-order valence-electron chi connectivity index (χ2n) is 3.65. The Labute approximate surface area is 99.8 Å². The summed E-state index contributed by atoms with van der Waals surface area (Å²) >= 11 is 3.28. The van der Waals surface area contributed by atoms with Gasteiger partial charge in [0.25, 0.3) is 0 Å². The molecule has 0 aliphatic heterocycles. The van der Waals surface area contributed by atoms with E-state index in [1.54, 1.807) is 3.59 Å². The first-order valence-electron chi connectivity index (χ1n) is 4.64. The van der Waals surface area contributed by atoms with Gasteiger partial charge in [-0.25, -0.2) is 9.18 Å². The average molecular weight is 286 g/mol. The summed E-state index contributed by atoms with van der Waals surface area (Å²) in [5.41, 5.74) is 2.18. The molecular weight excluding hydrogens is 277 g/mol. The van der Waals surface area contributed by atoms with E-state index in [0.717, 1.165) is 17.3 Å². The van der Waals surface area contributed by atoms with Gasteiger partial charge in [-0.3, -0.25) is 3.59 Å². The molecule has 0 radical (unpaired) electrons. The van der Waals surface area contributed by atoms with Crippen LogP contribution in [0.4, 0.5) is 4.39 Å². The van der Waals surface area contributed by atoms with Crippen molar-refractivity contribution in [2.75, 3.05) is 0 Å². The van der Waals surface area contributed by atoms with Crippen molar-refractivity contribution in [2.45, 2.75) is 13.8 Å². The lowest BCUT2D eigenvalue weighted by Gasteiger charge is -2.01. The monoisotopic (exact) mass is 285 g/mol. The Balaban J connectivity index is 3.02. The Hall–Kier alpha value is -1.36. The Kier molecular flexibility index (Phi) is 2.50. The molecule has 0 spiro atoms. The minimum Gasteiger partial charge on any atom is -0.478 e. The fraction of sp³-hybridized carbons (Fsp3) is 0.182. The van der Waals surface area contributed by atoms with Gasteiger partial charge in [0.05, 0.1) is 27.2 Å². The van der Waals surface area contributed by atoms with Crippen LogP contribution in [-0.4, -0.2) is 14.7 Å². The van der Waals surface area contributed by atoms with Crippen molar-refractivity contribution in [1.29, 1.82) is 0 Å². The number of hydrogen-bond donors (Lipinski definition) is 1. The third kappa shape index (κ3) is 1.43. The highest BCUT2D eigenvalue weighted by molar-refractivity contribution is 9.08. The lowest BCUT2D eigenvalue weighted by Crippen LogP contribution is -2.00. The molecule has 0 saturated carbocycles. The predicted molar refractivity (Wildman–Crippen MR) is 62.7 cm³/mol. The molecule has 3 nitrogen and oxygen atoms in total. The zero-order chi connectivity index (χ0) is 12.0. The maximum Gasteiger partial charge on any atom is 0.337 e. The van der Waals surface area contributed by atoms with E-state index in [4.69, 9.17) is 5.11 Å². The van der Waals surface area contributed by atoms with Gasteiger partial charge in [-0.1, -0.05) is 0 Å². The third-order valence-electron chi connectivity index (χ3n) is 2.74.